The summed E-state index contributed by atoms with van der Waals surface area (Å²) in [6.07, 6.45) is 1.86. The number of amides is 1. The van der Waals surface area contributed by atoms with Crippen LogP contribution in [0.25, 0.3) is 10.9 Å². The molecule has 1 heterocycles. The van der Waals surface area contributed by atoms with Crippen molar-refractivity contribution < 1.29 is 22.7 Å². The number of nitrogens with one attached hydrogen (secondary N) is 2. The molecular formula is C19H22ClN3O5S. The maximum atomic E-state index is 12.8. The molecule has 10 heteroatoms. The molecule has 4 N–H and O–H groups in total. The molecule has 0 fully saturated rings. The van der Waals surface area contributed by atoms with Crippen LogP contribution < -0.4 is 19.9 Å². The largest absolute Gasteiger partial charge is 0.493 e. The van der Waals surface area contributed by atoms with Gasteiger partial charge in [0, 0.05) is 23.2 Å². The predicted octanol–water partition coefficient (Wildman–Crippen LogP) is 1.98. The Hall–Kier alpha value is -2.75. The third-order valence-electron chi connectivity index (χ3n) is 4.41. The Balaban J connectivity index is 0.00000300. The number of hydrogen-bond acceptors (Lipinski definition) is 5. The number of rotatable bonds is 8. The van der Waals surface area contributed by atoms with Crippen LogP contribution in [0.1, 0.15) is 5.56 Å². The molecule has 1 unspecified atom stereocenters. The molecule has 0 bridgehead atoms. The number of benzene rings is 2. The van der Waals surface area contributed by atoms with Crippen molar-refractivity contribution in [3.05, 3.63) is 54.2 Å². The summed E-state index contributed by atoms with van der Waals surface area (Å²) >= 11 is 0. The molecule has 0 spiro atoms. The van der Waals surface area contributed by atoms with Gasteiger partial charge in [-0.3, -0.25) is 4.79 Å². The molecule has 3 rings (SSSR count). The molecule has 8 nitrogen and oxygen atoms in total. The number of aromatic nitrogens is 1. The fourth-order valence-corrected chi connectivity index (χ4v) is 4.18. The molecule has 0 aliphatic rings. The van der Waals surface area contributed by atoms with E-state index in [1.54, 1.807) is 6.20 Å². The van der Waals surface area contributed by atoms with Crippen LogP contribution in [-0.4, -0.2) is 39.6 Å². The van der Waals surface area contributed by atoms with E-state index in [2.05, 4.69) is 9.71 Å². The fraction of sp³-hybridized carbons (Fsp3) is 0.211. The van der Waals surface area contributed by atoms with Gasteiger partial charge in [0.15, 0.2) is 11.5 Å². The third-order valence-corrected chi connectivity index (χ3v) is 5.87. The minimum absolute atomic E-state index is 0. The molecule has 0 saturated heterocycles. The molecule has 0 saturated carbocycles. The number of H-pyrrole nitrogens is 1. The topological polar surface area (TPSA) is 124 Å². The number of primary amides is 1. The first-order valence-electron chi connectivity index (χ1n) is 8.44. The van der Waals surface area contributed by atoms with Gasteiger partial charge in [0.1, 0.15) is 6.04 Å². The van der Waals surface area contributed by atoms with E-state index in [-0.39, 0.29) is 29.5 Å². The van der Waals surface area contributed by atoms with E-state index in [1.807, 2.05) is 24.3 Å². The van der Waals surface area contributed by atoms with Crippen molar-refractivity contribution in [2.45, 2.75) is 17.4 Å². The Morgan fingerprint density at radius 3 is 2.48 bits per heavy atom. The zero-order valence-corrected chi connectivity index (χ0v) is 17.5. The number of fused-ring (bicyclic) bond motifs is 1. The molecule has 0 radical (unpaired) electrons. The average Bonchev–Trinajstić information content (AvgIpc) is 3.09. The summed E-state index contributed by atoms with van der Waals surface area (Å²) in [5, 5.41) is 0.902. The van der Waals surface area contributed by atoms with E-state index in [1.165, 1.54) is 32.4 Å². The van der Waals surface area contributed by atoms with Crippen molar-refractivity contribution in [3.63, 3.8) is 0 Å². The Morgan fingerprint density at radius 1 is 1.14 bits per heavy atom. The molecule has 3 aromatic rings. The maximum absolute atomic E-state index is 12.8. The van der Waals surface area contributed by atoms with Crippen LogP contribution in [0.3, 0.4) is 0 Å². The summed E-state index contributed by atoms with van der Waals surface area (Å²) in [6.45, 7) is 0. The zero-order valence-electron chi connectivity index (χ0n) is 15.8. The number of hydrogen-bond donors (Lipinski definition) is 3. The lowest BCUT2D eigenvalue weighted by molar-refractivity contribution is -0.119. The number of nitrogens with two attached hydrogens (primary N) is 1. The number of ether oxygens (including phenoxy) is 2. The Labute approximate surface area is 174 Å². The first kappa shape index (κ1) is 22.5. The molecule has 1 aromatic heterocycles. The van der Waals surface area contributed by atoms with Crippen molar-refractivity contribution >= 4 is 39.2 Å². The van der Waals surface area contributed by atoms with E-state index in [0.29, 0.717) is 5.75 Å². The van der Waals surface area contributed by atoms with Crippen molar-refractivity contribution in [3.8, 4) is 11.5 Å². The van der Waals surface area contributed by atoms with Crippen molar-refractivity contribution in [2.24, 2.45) is 5.73 Å². The van der Waals surface area contributed by atoms with E-state index >= 15 is 0 Å². The zero-order chi connectivity index (χ0) is 20.3. The molecule has 1 atom stereocenters. The van der Waals surface area contributed by atoms with Gasteiger partial charge in [-0.1, -0.05) is 18.2 Å². The molecule has 0 aliphatic carbocycles. The number of sulfonamides is 1. The molecule has 1 amide bonds. The number of carbonyl (C=O) groups excluding carboxylic acids is 1. The second-order valence-electron chi connectivity index (χ2n) is 6.16. The van der Waals surface area contributed by atoms with Gasteiger partial charge in [-0.25, -0.2) is 8.42 Å². The van der Waals surface area contributed by atoms with Gasteiger partial charge in [-0.15, -0.1) is 12.4 Å². The van der Waals surface area contributed by atoms with Gasteiger partial charge >= 0.3 is 0 Å². The van der Waals surface area contributed by atoms with Crippen LogP contribution in [0.2, 0.25) is 0 Å². The number of halogens is 1. The summed E-state index contributed by atoms with van der Waals surface area (Å²) in [7, 11) is -1.15. The predicted molar refractivity (Wildman–Crippen MR) is 112 cm³/mol. The lowest BCUT2D eigenvalue weighted by atomic mass is 10.1. The summed E-state index contributed by atoms with van der Waals surface area (Å²) in [6, 6.07) is 10.6. The highest BCUT2D eigenvalue weighted by Crippen LogP contribution is 2.29. The van der Waals surface area contributed by atoms with E-state index < -0.39 is 22.0 Å². The minimum Gasteiger partial charge on any atom is -0.493 e. The van der Waals surface area contributed by atoms with Gasteiger partial charge in [0.2, 0.25) is 15.9 Å². The second kappa shape index (κ2) is 9.17. The number of para-hydroxylation sites is 1. The van der Waals surface area contributed by atoms with Gasteiger partial charge < -0.3 is 20.2 Å². The standard InChI is InChI=1S/C19H21N3O5S.ClH/c1-26-17-8-7-13(10-18(17)27-2)28(24,25)22-16(19(20)23)9-12-11-21-15-6-4-3-5-14(12)15;/h3-8,10-11,16,21-22H,9H2,1-2H3,(H2,20,23);1H. The van der Waals surface area contributed by atoms with Crippen LogP contribution in [0, 0.1) is 0 Å². The Kier molecular flexibility index (Phi) is 7.12. The number of carbonyl (C=O) groups is 1. The van der Waals surface area contributed by atoms with E-state index in [0.717, 1.165) is 16.5 Å². The van der Waals surface area contributed by atoms with Gasteiger partial charge in [-0.2, -0.15) is 4.72 Å². The highest BCUT2D eigenvalue weighted by Gasteiger charge is 2.26. The summed E-state index contributed by atoms with van der Waals surface area (Å²) in [4.78, 5) is 15.0. The molecule has 29 heavy (non-hydrogen) atoms. The summed E-state index contributed by atoms with van der Waals surface area (Å²) in [5.41, 5.74) is 7.14. The van der Waals surface area contributed by atoms with E-state index in [4.69, 9.17) is 15.2 Å². The Bertz CT molecular complexity index is 1110. The van der Waals surface area contributed by atoms with Crippen LogP contribution >= 0.6 is 12.4 Å². The van der Waals surface area contributed by atoms with Crippen molar-refractivity contribution in [1.29, 1.82) is 0 Å². The number of methoxy groups -OCH3 is 2. The average molecular weight is 440 g/mol. The minimum atomic E-state index is -4.02. The van der Waals surface area contributed by atoms with Crippen molar-refractivity contribution in [2.75, 3.05) is 14.2 Å². The van der Waals surface area contributed by atoms with Crippen LogP contribution in [0.15, 0.2) is 53.6 Å². The first-order valence-corrected chi connectivity index (χ1v) is 9.92. The monoisotopic (exact) mass is 439 g/mol. The van der Waals surface area contributed by atoms with Crippen LogP contribution in [-0.2, 0) is 21.2 Å². The molecule has 156 valence electrons. The van der Waals surface area contributed by atoms with Crippen molar-refractivity contribution in [1.82, 2.24) is 9.71 Å². The summed E-state index contributed by atoms with van der Waals surface area (Å²) in [5.74, 6) is -0.112. The molecule has 2 aromatic carbocycles. The SMILES string of the molecule is COc1ccc(S(=O)(=O)NC(Cc2c[nH]c3ccccc23)C(N)=O)cc1OC.Cl. The van der Waals surface area contributed by atoms with Crippen LogP contribution in [0.4, 0.5) is 0 Å². The lowest BCUT2D eigenvalue weighted by Gasteiger charge is -2.16. The molecule has 0 aliphatic heterocycles. The highest BCUT2D eigenvalue weighted by atomic mass is 35.5. The Morgan fingerprint density at radius 2 is 1.83 bits per heavy atom. The maximum Gasteiger partial charge on any atom is 0.241 e. The smallest absolute Gasteiger partial charge is 0.241 e. The van der Waals surface area contributed by atoms with Gasteiger partial charge in [-0.05, 0) is 30.2 Å². The third kappa shape index (κ3) is 4.81. The molecular weight excluding hydrogens is 418 g/mol. The van der Waals surface area contributed by atoms with Gasteiger partial charge in [0.25, 0.3) is 0 Å². The van der Waals surface area contributed by atoms with Crippen LogP contribution in [0.5, 0.6) is 11.5 Å². The number of aromatic amines is 1. The first-order chi connectivity index (χ1) is 13.4. The quantitative estimate of drug-likeness (QED) is 0.495. The normalized spacial score (nSPS) is 12.2. The van der Waals surface area contributed by atoms with E-state index in [9.17, 15) is 13.2 Å². The highest BCUT2D eigenvalue weighted by molar-refractivity contribution is 7.89. The second-order valence-corrected chi connectivity index (χ2v) is 7.87. The van der Waals surface area contributed by atoms with Gasteiger partial charge in [0.05, 0.1) is 19.1 Å². The fourth-order valence-electron chi connectivity index (χ4n) is 2.96. The lowest BCUT2D eigenvalue weighted by Crippen LogP contribution is -2.45. The summed E-state index contributed by atoms with van der Waals surface area (Å²) < 4.78 is 38.2.